The van der Waals surface area contributed by atoms with Crippen LogP contribution in [-0.4, -0.2) is 16.1 Å². The number of thiazole rings is 1. The van der Waals surface area contributed by atoms with Crippen LogP contribution in [0.3, 0.4) is 0 Å². The zero-order valence-electron chi connectivity index (χ0n) is 10.9. The van der Waals surface area contributed by atoms with Crippen molar-refractivity contribution in [3.05, 3.63) is 51.8 Å². The summed E-state index contributed by atoms with van der Waals surface area (Å²) in [5, 5.41) is 14.1. The maximum absolute atomic E-state index is 12.9. The van der Waals surface area contributed by atoms with Crippen molar-refractivity contribution >= 4 is 46.3 Å². The van der Waals surface area contributed by atoms with Gasteiger partial charge in [0.25, 0.3) is 0 Å². The minimum Gasteiger partial charge on any atom is -0.477 e. The number of nitrogens with one attached hydrogen (secondary N) is 1. The third-order valence-corrected chi connectivity index (χ3v) is 5.37. The highest BCUT2D eigenvalue weighted by molar-refractivity contribution is 8.00. The highest BCUT2D eigenvalue weighted by atomic mass is 32.2. The Labute approximate surface area is 137 Å². The number of hydrogen-bond acceptors (Lipinski definition) is 6. The molecule has 0 amide bonds. The van der Waals surface area contributed by atoms with E-state index in [4.69, 9.17) is 5.11 Å². The normalized spacial score (nSPS) is 10.6. The predicted molar refractivity (Wildman–Crippen MR) is 88.3 cm³/mol. The minimum absolute atomic E-state index is 0.275. The molecule has 0 saturated heterocycles. The standard InChI is InChI=1S/C14H9FN2O2S3/c15-9-3-1-8(2-4-9)13-16-12(7-21-13)22-17-10-5-11(14(18)19)20-6-10/h1-7,17H,(H,18,19). The molecule has 3 rings (SSSR count). The van der Waals surface area contributed by atoms with Crippen LogP contribution in [-0.2, 0) is 0 Å². The SMILES string of the molecule is O=C(O)c1cc(NSc2csc(-c3ccc(F)cc3)n2)cs1. The van der Waals surface area contributed by atoms with Gasteiger partial charge in [0.05, 0.1) is 5.69 Å². The van der Waals surface area contributed by atoms with Crippen molar-refractivity contribution in [2.75, 3.05) is 4.72 Å². The molecule has 0 bridgehead atoms. The van der Waals surface area contributed by atoms with Gasteiger partial charge in [-0.3, -0.25) is 0 Å². The first-order valence-corrected chi connectivity index (χ1v) is 8.65. The molecule has 8 heteroatoms. The molecule has 0 atom stereocenters. The van der Waals surface area contributed by atoms with Gasteiger partial charge in [-0.1, -0.05) is 0 Å². The van der Waals surface area contributed by atoms with E-state index >= 15 is 0 Å². The molecule has 2 N–H and O–H groups in total. The van der Waals surface area contributed by atoms with Gasteiger partial charge in [0, 0.05) is 28.3 Å². The molecule has 0 spiro atoms. The Bertz CT molecular complexity index is 799. The van der Waals surface area contributed by atoms with Gasteiger partial charge in [-0.25, -0.2) is 14.2 Å². The van der Waals surface area contributed by atoms with Crippen LogP contribution in [0.2, 0.25) is 0 Å². The molecule has 4 nitrogen and oxygen atoms in total. The zero-order chi connectivity index (χ0) is 15.5. The van der Waals surface area contributed by atoms with Crippen LogP contribution in [0.1, 0.15) is 9.67 Å². The highest BCUT2D eigenvalue weighted by Gasteiger charge is 2.09. The smallest absolute Gasteiger partial charge is 0.345 e. The second kappa shape index (κ2) is 6.47. The quantitative estimate of drug-likeness (QED) is 0.644. The summed E-state index contributed by atoms with van der Waals surface area (Å²) in [6, 6.07) is 7.76. The van der Waals surface area contributed by atoms with Crippen molar-refractivity contribution in [3.8, 4) is 10.6 Å². The Balaban J connectivity index is 1.66. The number of benzene rings is 1. The molecule has 2 aromatic heterocycles. The van der Waals surface area contributed by atoms with Crippen LogP contribution in [0.25, 0.3) is 10.6 Å². The number of anilines is 1. The number of carboxylic acid groups (broad SMARTS) is 1. The third kappa shape index (κ3) is 3.46. The monoisotopic (exact) mass is 352 g/mol. The first-order valence-electron chi connectivity index (χ1n) is 6.08. The zero-order valence-corrected chi connectivity index (χ0v) is 13.4. The number of aromatic nitrogens is 1. The summed E-state index contributed by atoms with van der Waals surface area (Å²) in [6.07, 6.45) is 0. The average molecular weight is 352 g/mol. The number of rotatable bonds is 5. The van der Waals surface area contributed by atoms with Gasteiger partial charge < -0.3 is 9.83 Å². The lowest BCUT2D eigenvalue weighted by Gasteiger charge is -1.99. The van der Waals surface area contributed by atoms with E-state index < -0.39 is 5.97 Å². The van der Waals surface area contributed by atoms with Crippen molar-refractivity contribution in [2.24, 2.45) is 0 Å². The van der Waals surface area contributed by atoms with Crippen LogP contribution in [0.15, 0.2) is 46.1 Å². The number of carboxylic acids is 1. The summed E-state index contributed by atoms with van der Waals surface area (Å²) < 4.78 is 16.0. The molecule has 0 fully saturated rings. The van der Waals surface area contributed by atoms with Crippen LogP contribution in [0, 0.1) is 5.82 Å². The summed E-state index contributed by atoms with van der Waals surface area (Å²) >= 11 is 3.94. The van der Waals surface area contributed by atoms with Crippen LogP contribution in [0.5, 0.6) is 0 Å². The molecule has 0 unspecified atom stereocenters. The topological polar surface area (TPSA) is 62.2 Å². The van der Waals surface area contributed by atoms with Crippen LogP contribution in [0.4, 0.5) is 10.1 Å². The van der Waals surface area contributed by atoms with Gasteiger partial charge >= 0.3 is 5.97 Å². The Morgan fingerprint density at radius 2 is 2.00 bits per heavy atom. The molecule has 22 heavy (non-hydrogen) atoms. The molecular weight excluding hydrogens is 343 g/mol. The molecule has 0 saturated carbocycles. The van der Waals surface area contributed by atoms with Crippen molar-refractivity contribution < 1.29 is 14.3 Å². The maximum atomic E-state index is 12.9. The van der Waals surface area contributed by atoms with Gasteiger partial charge in [0.15, 0.2) is 0 Å². The van der Waals surface area contributed by atoms with Crippen molar-refractivity contribution in [2.45, 2.75) is 5.03 Å². The lowest BCUT2D eigenvalue weighted by molar-refractivity contribution is 0.0702. The fourth-order valence-corrected chi connectivity index (χ4v) is 3.96. The summed E-state index contributed by atoms with van der Waals surface area (Å²) in [7, 11) is 0. The maximum Gasteiger partial charge on any atom is 0.345 e. The van der Waals surface area contributed by atoms with Gasteiger partial charge in [-0.05, 0) is 30.3 Å². The molecule has 0 aliphatic rings. The number of halogens is 1. The first kappa shape index (κ1) is 15.0. The van der Waals surface area contributed by atoms with Gasteiger partial charge in [-0.15, -0.1) is 22.7 Å². The Morgan fingerprint density at radius 1 is 1.23 bits per heavy atom. The van der Waals surface area contributed by atoms with Crippen molar-refractivity contribution in [3.63, 3.8) is 0 Å². The molecule has 112 valence electrons. The molecule has 0 aliphatic carbocycles. The summed E-state index contributed by atoms with van der Waals surface area (Å²) in [5.41, 5.74) is 1.59. The predicted octanol–water partition coefficient (Wildman–Crippen LogP) is 4.83. The molecule has 3 aromatic rings. The van der Waals surface area contributed by atoms with E-state index in [0.29, 0.717) is 0 Å². The van der Waals surface area contributed by atoms with Crippen LogP contribution >= 0.6 is 34.6 Å². The number of hydrogen-bond donors (Lipinski definition) is 2. The number of thiophene rings is 1. The Kier molecular flexibility index (Phi) is 4.41. The van der Waals surface area contributed by atoms with E-state index in [1.807, 2.05) is 5.38 Å². The second-order valence-corrected chi connectivity index (χ2v) is 6.80. The average Bonchev–Trinajstić information content (AvgIpc) is 3.15. The number of carbonyl (C=O) groups is 1. The fraction of sp³-hybridized carbons (Fsp3) is 0. The summed E-state index contributed by atoms with van der Waals surface area (Å²) in [4.78, 5) is 15.5. The molecule has 0 aliphatic heterocycles. The molecule has 0 radical (unpaired) electrons. The second-order valence-electron chi connectivity index (χ2n) is 4.21. The molecular formula is C14H9FN2O2S3. The van der Waals surface area contributed by atoms with Gasteiger partial charge in [0.1, 0.15) is 20.7 Å². The van der Waals surface area contributed by atoms with Gasteiger partial charge in [0.2, 0.25) is 0 Å². The van der Waals surface area contributed by atoms with E-state index in [0.717, 1.165) is 21.3 Å². The first-order chi connectivity index (χ1) is 10.6. The van der Waals surface area contributed by atoms with E-state index in [1.54, 1.807) is 23.6 Å². The summed E-state index contributed by atoms with van der Waals surface area (Å²) in [5.74, 6) is -1.21. The highest BCUT2D eigenvalue weighted by Crippen LogP contribution is 2.30. The molecule has 1 aromatic carbocycles. The largest absolute Gasteiger partial charge is 0.477 e. The Hall–Kier alpha value is -1.90. The van der Waals surface area contributed by atoms with E-state index in [2.05, 4.69) is 9.71 Å². The summed E-state index contributed by atoms with van der Waals surface area (Å²) in [6.45, 7) is 0. The van der Waals surface area contributed by atoms with Crippen LogP contribution < -0.4 is 4.72 Å². The number of nitrogens with zero attached hydrogens (tertiary/aromatic N) is 1. The van der Waals surface area contributed by atoms with E-state index in [1.165, 1.54) is 46.8 Å². The molecule has 2 heterocycles. The lowest BCUT2D eigenvalue weighted by atomic mass is 10.2. The van der Waals surface area contributed by atoms with Gasteiger partial charge in [-0.2, -0.15) is 0 Å². The minimum atomic E-state index is -0.935. The fourth-order valence-electron chi connectivity index (χ4n) is 1.64. The number of aromatic carboxylic acids is 1. The van der Waals surface area contributed by atoms with E-state index in [-0.39, 0.29) is 10.7 Å². The van der Waals surface area contributed by atoms with Crippen molar-refractivity contribution in [1.29, 1.82) is 0 Å². The lowest BCUT2D eigenvalue weighted by Crippen LogP contribution is -1.90. The third-order valence-electron chi connectivity index (χ3n) is 2.66. The van der Waals surface area contributed by atoms with E-state index in [9.17, 15) is 9.18 Å². The van der Waals surface area contributed by atoms with Crippen molar-refractivity contribution in [1.82, 2.24) is 4.98 Å². The Morgan fingerprint density at radius 3 is 2.68 bits per heavy atom.